The molecule has 4 heterocycles. The van der Waals surface area contributed by atoms with E-state index in [1.54, 1.807) is 40.6 Å². The average Bonchev–Trinajstić information content (AvgIpc) is 0.790. The molecular formula is C102H116N4+4. The first-order chi connectivity index (χ1) is 53.9. The van der Waals surface area contributed by atoms with Gasteiger partial charge in [-0.25, -0.2) is 18.3 Å². The highest BCUT2D eigenvalue weighted by molar-refractivity contribution is 5.82. The Kier molecular flexibility index (Phi) is 22.6. The van der Waals surface area contributed by atoms with E-state index in [2.05, 4.69) is 211 Å². The van der Waals surface area contributed by atoms with Crippen LogP contribution in [0.15, 0.2) is 280 Å². The van der Waals surface area contributed by atoms with Crippen molar-refractivity contribution in [2.24, 2.45) is 28.2 Å². The molecule has 10 aromatic carbocycles. The van der Waals surface area contributed by atoms with Gasteiger partial charge in [-0.2, -0.15) is 0 Å². The summed E-state index contributed by atoms with van der Waals surface area (Å²) in [4.78, 5) is 0. The Balaban J connectivity index is 0.000000216. The first-order valence-corrected chi connectivity index (χ1v) is 34.8. The van der Waals surface area contributed by atoms with Gasteiger partial charge in [0.05, 0.1) is 0 Å². The molecule has 0 unspecified atom stereocenters. The van der Waals surface area contributed by atoms with Gasteiger partial charge in [-0.1, -0.05) is 236 Å². The van der Waals surface area contributed by atoms with E-state index >= 15 is 0 Å². The lowest BCUT2D eigenvalue weighted by atomic mass is 9.92. The molecule has 0 saturated heterocycles. The summed E-state index contributed by atoms with van der Waals surface area (Å²) in [5.41, 5.74) is 33.2. The number of pyridine rings is 4. The molecule has 0 amide bonds. The maximum absolute atomic E-state index is 8.09. The molecule has 0 radical (unpaired) electrons. The molecule has 0 aliphatic heterocycles. The smallest absolute Gasteiger partial charge is 0.201 e. The van der Waals surface area contributed by atoms with E-state index in [9.17, 15) is 0 Å². The zero-order valence-corrected chi connectivity index (χ0v) is 61.3. The van der Waals surface area contributed by atoms with Gasteiger partial charge in [0, 0.05) is 85.2 Å². The van der Waals surface area contributed by atoms with Crippen molar-refractivity contribution in [3.05, 3.63) is 357 Å². The molecule has 0 aliphatic rings. The quantitative estimate of drug-likeness (QED) is 0.121. The molecule has 0 aliphatic carbocycles. The van der Waals surface area contributed by atoms with Crippen LogP contribution < -0.4 is 18.3 Å². The summed E-state index contributed by atoms with van der Waals surface area (Å²) >= 11 is 0. The zero-order chi connectivity index (χ0) is 82.5. The van der Waals surface area contributed by atoms with Crippen LogP contribution in [0.4, 0.5) is 0 Å². The van der Waals surface area contributed by atoms with Crippen molar-refractivity contribution < 1.29 is 34.7 Å². The van der Waals surface area contributed by atoms with Gasteiger partial charge < -0.3 is 0 Å². The fourth-order valence-corrected chi connectivity index (χ4v) is 13.7. The monoisotopic (exact) mass is 1410 g/mol. The van der Waals surface area contributed by atoms with Crippen LogP contribution in [0.25, 0.3) is 112 Å². The van der Waals surface area contributed by atoms with Crippen LogP contribution in [0.5, 0.6) is 0 Å². The minimum atomic E-state index is -2.28. The average molecular weight is 1410 g/mol. The van der Waals surface area contributed by atoms with Crippen LogP contribution in [0.1, 0.15) is 124 Å². The van der Waals surface area contributed by atoms with Gasteiger partial charge in [0.15, 0.2) is 24.8 Å². The fraction of sp³-hybridized carbons (Fsp3) is 0.216. The normalized spacial score (nSPS) is 12.6. The molecule has 0 atom stereocenters. The number of hydrogen-bond donors (Lipinski definition) is 0. The second-order valence-electron chi connectivity index (χ2n) is 27.1. The van der Waals surface area contributed by atoms with E-state index < -0.39 is 27.4 Å². The van der Waals surface area contributed by atoms with Crippen molar-refractivity contribution in [2.75, 3.05) is 0 Å². The van der Waals surface area contributed by atoms with Gasteiger partial charge in [-0.15, -0.1) is 0 Å². The lowest BCUT2D eigenvalue weighted by molar-refractivity contribution is -0.660. The van der Waals surface area contributed by atoms with Crippen LogP contribution in [0.3, 0.4) is 0 Å². The summed E-state index contributed by atoms with van der Waals surface area (Å²) in [6, 6.07) is 85.2. The summed E-state index contributed by atoms with van der Waals surface area (Å²) in [5, 5.41) is 0. The standard InChI is InChI=1S/2C27H26N.2C22H24N.4CH4/c2*1-19-15-20(2)26(16-24(19)22-11-7-5-8-12-22)27-17-25(21(3)18-28(27)4)23-13-9-6-10-14-23;2*1-15-12-22(23(5)14-18(15)4)21-13-20(16(2)11-17(21)3)19-9-7-6-8-10-19;;;;/h2*5-18H,1-4H3;2*6-14H,1-5H3;4*1H4/q4*+1;;;;/i1D3,3D3;;2D3,4D3;;;;;. The Bertz CT molecular complexity index is 5600. The molecule has 540 valence electrons. The van der Waals surface area contributed by atoms with E-state index in [-0.39, 0.29) is 35.3 Å². The zero-order valence-electron chi connectivity index (χ0n) is 73.3. The number of nitrogens with zero attached hydrogens (tertiary/aromatic N) is 4. The van der Waals surface area contributed by atoms with Crippen molar-refractivity contribution in [3.63, 3.8) is 0 Å². The van der Waals surface area contributed by atoms with Gasteiger partial charge in [-0.3, -0.25) is 0 Å². The second kappa shape index (κ2) is 36.5. The molecule has 0 spiro atoms. The summed E-state index contributed by atoms with van der Waals surface area (Å²) < 4.78 is 104. The van der Waals surface area contributed by atoms with Gasteiger partial charge in [0.25, 0.3) is 0 Å². The third-order valence-electron chi connectivity index (χ3n) is 19.5. The van der Waals surface area contributed by atoms with Crippen molar-refractivity contribution in [3.8, 4) is 112 Å². The first-order valence-electron chi connectivity index (χ1n) is 40.8. The minimum absolute atomic E-state index is 0. The summed E-state index contributed by atoms with van der Waals surface area (Å²) in [6.45, 7) is 11.9. The van der Waals surface area contributed by atoms with Crippen LogP contribution in [0, 0.1) is 96.6 Å². The Labute approximate surface area is 655 Å². The Hall–Kier alpha value is -11.2. The van der Waals surface area contributed by atoms with Crippen LogP contribution in [-0.4, -0.2) is 0 Å². The molecule has 14 aromatic rings. The first kappa shape index (κ1) is 65.6. The van der Waals surface area contributed by atoms with Gasteiger partial charge in [0.2, 0.25) is 22.8 Å². The van der Waals surface area contributed by atoms with E-state index in [1.807, 2.05) is 143 Å². The van der Waals surface area contributed by atoms with E-state index in [0.29, 0.717) is 38.9 Å². The Morgan fingerprint density at radius 2 is 0.377 bits per heavy atom. The molecule has 0 bridgehead atoms. The molecular weight excluding hydrogens is 1280 g/mol. The molecule has 4 aromatic heterocycles. The van der Waals surface area contributed by atoms with Crippen molar-refractivity contribution in [1.82, 2.24) is 0 Å². The molecule has 0 N–H and O–H groups in total. The van der Waals surface area contributed by atoms with Gasteiger partial charge in [-0.05, 0) is 243 Å². The van der Waals surface area contributed by atoms with E-state index in [1.165, 1.54) is 94.8 Å². The number of hydrogen-bond acceptors (Lipinski definition) is 0. The maximum atomic E-state index is 8.09. The van der Waals surface area contributed by atoms with Crippen LogP contribution in [-0.2, 0) is 28.2 Å². The van der Waals surface area contributed by atoms with Gasteiger partial charge in [0.1, 0.15) is 28.2 Å². The number of rotatable bonds is 10. The Morgan fingerprint density at radius 3 is 0.660 bits per heavy atom. The van der Waals surface area contributed by atoms with Crippen LogP contribution >= 0.6 is 0 Å². The maximum Gasteiger partial charge on any atom is 0.213 e. The number of aryl methyl sites for hydroxylation is 18. The molecule has 0 saturated carbocycles. The number of benzene rings is 10. The van der Waals surface area contributed by atoms with Gasteiger partial charge >= 0.3 is 0 Å². The van der Waals surface area contributed by atoms with Crippen molar-refractivity contribution in [1.29, 1.82) is 0 Å². The SMILES string of the molecule is C.C.C.C.Cc1cc(-c2cc(-c3ccccc3)c(C)cc2C)[n+](C)cc1C.Cc1cc(C)c(-c2cc(-c3ccccc3)c(C)c[n+]2C)cc1-c1ccccc1.[2H]C([2H])([2H])c1c[n+](C)c(-c2cc(-c3ccccc3)c(C([2H])([2H])[2H])cc2C)cc1C.[2H]C([2H])([2H])c1cc(C)c(-c2cc(-c3ccccc3)c(C([2H])([2H])[2H])c[n+]2C)cc1-c1ccccc1. The van der Waals surface area contributed by atoms with Crippen molar-refractivity contribution >= 4 is 0 Å². The summed E-state index contributed by atoms with van der Waals surface area (Å²) in [5.74, 6) is 0. The minimum Gasteiger partial charge on any atom is -0.201 e. The molecule has 4 nitrogen and oxygen atoms in total. The highest BCUT2D eigenvalue weighted by Gasteiger charge is 2.23. The molecule has 14 rings (SSSR count). The van der Waals surface area contributed by atoms with E-state index in [0.717, 1.165) is 50.3 Å². The topological polar surface area (TPSA) is 15.5 Å². The third-order valence-corrected chi connectivity index (χ3v) is 19.5. The lowest BCUT2D eigenvalue weighted by Gasteiger charge is -2.13. The molecule has 4 heteroatoms. The highest BCUT2D eigenvalue weighted by Crippen LogP contribution is 2.38. The Morgan fingerprint density at radius 1 is 0.179 bits per heavy atom. The summed E-state index contributed by atoms with van der Waals surface area (Å²) in [6.07, 6.45) is 7.74. The largest absolute Gasteiger partial charge is 0.213 e. The predicted molar refractivity (Wildman–Crippen MR) is 458 cm³/mol. The van der Waals surface area contributed by atoms with Crippen molar-refractivity contribution in [2.45, 2.75) is 126 Å². The lowest BCUT2D eigenvalue weighted by Crippen LogP contribution is -2.31. The van der Waals surface area contributed by atoms with E-state index in [4.69, 9.17) is 16.4 Å². The fourth-order valence-electron chi connectivity index (χ4n) is 13.7. The summed E-state index contributed by atoms with van der Waals surface area (Å²) in [7, 11) is 7.89. The van der Waals surface area contributed by atoms with Crippen LogP contribution in [0.2, 0.25) is 0 Å². The molecule has 0 fully saturated rings. The predicted octanol–water partition coefficient (Wildman–Crippen LogP) is 25.6. The highest BCUT2D eigenvalue weighted by atomic mass is 14.9. The third kappa shape index (κ3) is 18.6. The second-order valence-corrected chi connectivity index (χ2v) is 27.1. The number of aromatic nitrogens is 4. The molecule has 106 heavy (non-hydrogen) atoms.